The largest absolute Gasteiger partial charge is 0.334 e. The highest BCUT2D eigenvalue weighted by Crippen LogP contribution is 2.31. The average molecular weight is 356 g/mol. The predicted octanol–water partition coefficient (Wildman–Crippen LogP) is 2.86. The van der Waals surface area contributed by atoms with Gasteiger partial charge >= 0.3 is 17.8 Å². The molecular weight excluding hydrogens is 332 g/mol. The average Bonchev–Trinajstić information content (AvgIpc) is 2.79. The topological polar surface area (TPSA) is 74.8 Å². The molecule has 0 aromatic heterocycles. The molecule has 6 nitrogen and oxygen atoms in total. The second kappa shape index (κ2) is 7.02. The van der Waals surface area contributed by atoms with E-state index >= 15 is 0 Å². The highest BCUT2D eigenvalue weighted by atomic mass is 16.2. The first kappa shape index (κ1) is 18.3. The van der Waals surface area contributed by atoms with Gasteiger partial charge in [-0.2, -0.15) is 0 Å². The Balaban J connectivity index is 1.80. The van der Waals surface area contributed by atoms with Gasteiger partial charge in [0.05, 0.1) is 6.54 Å². The number of carbonyl (C=O) groups is 4. The summed E-state index contributed by atoms with van der Waals surface area (Å²) in [5, 5.41) is 0. The number of Topliss-reactive ketones (excluding diaryl/α,β-unsaturated/α-hetero) is 1. The minimum absolute atomic E-state index is 0.166. The molecule has 0 bridgehead atoms. The van der Waals surface area contributed by atoms with Crippen LogP contribution in [0.2, 0.25) is 0 Å². The van der Waals surface area contributed by atoms with Crippen LogP contribution in [0.15, 0.2) is 18.2 Å². The predicted molar refractivity (Wildman–Crippen MR) is 95.6 cm³/mol. The Morgan fingerprint density at radius 3 is 2.42 bits per heavy atom. The zero-order valence-electron chi connectivity index (χ0n) is 15.4. The number of hydrogen-bond donors (Lipinski definition) is 0. The van der Waals surface area contributed by atoms with Crippen molar-refractivity contribution in [2.24, 2.45) is 5.92 Å². The molecule has 1 aliphatic carbocycles. The van der Waals surface area contributed by atoms with Gasteiger partial charge in [-0.25, -0.2) is 9.69 Å². The molecule has 0 unspecified atom stereocenters. The van der Waals surface area contributed by atoms with Crippen molar-refractivity contribution in [3.63, 3.8) is 0 Å². The number of nitrogens with zero attached hydrogens (tertiary/aromatic N) is 2. The number of benzene rings is 1. The van der Waals surface area contributed by atoms with Crippen LogP contribution in [0.4, 0.5) is 4.79 Å². The molecule has 1 saturated heterocycles. The van der Waals surface area contributed by atoms with Crippen molar-refractivity contribution in [1.29, 1.82) is 0 Å². The van der Waals surface area contributed by atoms with E-state index in [0.29, 0.717) is 12.0 Å². The first-order chi connectivity index (χ1) is 12.3. The molecule has 0 spiro atoms. The van der Waals surface area contributed by atoms with Crippen LogP contribution >= 0.6 is 0 Å². The van der Waals surface area contributed by atoms with Crippen LogP contribution in [-0.2, 0) is 9.59 Å². The summed E-state index contributed by atoms with van der Waals surface area (Å²) in [6, 6.07) is 4.48. The second-order valence-electron chi connectivity index (χ2n) is 7.42. The van der Waals surface area contributed by atoms with Crippen LogP contribution < -0.4 is 0 Å². The lowest BCUT2D eigenvalue weighted by Gasteiger charge is -2.34. The standard InChI is InChI=1S/C20H24N2O4/c1-12-8-9-15(14(3)10-12)17(23)11-21-18(24)19(25)22(20(21)26)16-7-5-4-6-13(16)2/h8-10,13,16H,4-7,11H2,1-3H3/t13-,16+/m0/s1. The Morgan fingerprint density at radius 2 is 1.77 bits per heavy atom. The fraction of sp³-hybridized carbons (Fsp3) is 0.500. The maximum atomic E-state index is 12.7. The Hall–Kier alpha value is -2.50. The van der Waals surface area contributed by atoms with E-state index in [-0.39, 0.29) is 17.7 Å². The quantitative estimate of drug-likeness (QED) is 0.472. The number of carbonyl (C=O) groups excluding carboxylic acids is 4. The van der Waals surface area contributed by atoms with Crippen LogP contribution in [0.5, 0.6) is 0 Å². The van der Waals surface area contributed by atoms with Crippen molar-refractivity contribution in [2.75, 3.05) is 6.54 Å². The lowest BCUT2D eigenvalue weighted by Crippen LogP contribution is -2.46. The van der Waals surface area contributed by atoms with Gasteiger partial charge in [-0.3, -0.25) is 19.3 Å². The number of aryl methyl sites for hydroxylation is 2. The molecule has 6 heteroatoms. The van der Waals surface area contributed by atoms with E-state index in [0.717, 1.165) is 40.2 Å². The van der Waals surface area contributed by atoms with E-state index < -0.39 is 24.4 Å². The number of amides is 4. The van der Waals surface area contributed by atoms with Gasteiger partial charge in [0.2, 0.25) is 0 Å². The molecule has 1 aromatic rings. The van der Waals surface area contributed by atoms with E-state index in [4.69, 9.17) is 0 Å². The second-order valence-corrected chi connectivity index (χ2v) is 7.42. The van der Waals surface area contributed by atoms with E-state index in [1.54, 1.807) is 6.07 Å². The van der Waals surface area contributed by atoms with E-state index in [2.05, 4.69) is 0 Å². The highest BCUT2D eigenvalue weighted by Gasteiger charge is 2.49. The smallest absolute Gasteiger partial charge is 0.292 e. The maximum absolute atomic E-state index is 12.7. The minimum Gasteiger partial charge on any atom is -0.292 e. The number of ketones is 1. The third-order valence-electron chi connectivity index (χ3n) is 5.47. The molecule has 1 heterocycles. The number of hydrogen-bond acceptors (Lipinski definition) is 4. The van der Waals surface area contributed by atoms with Crippen molar-refractivity contribution < 1.29 is 19.2 Å². The summed E-state index contributed by atoms with van der Waals surface area (Å²) in [7, 11) is 0. The molecule has 1 aliphatic heterocycles. The monoisotopic (exact) mass is 356 g/mol. The SMILES string of the molecule is Cc1ccc(C(=O)CN2C(=O)C(=O)N([C@@H]3CCCC[C@@H]3C)C2=O)c(C)c1. The molecule has 0 N–H and O–H groups in total. The third-order valence-corrected chi connectivity index (χ3v) is 5.47. The van der Waals surface area contributed by atoms with Crippen LogP contribution in [0, 0.1) is 19.8 Å². The molecular formula is C20H24N2O4. The zero-order chi connectivity index (χ0) is 19.0. The number of imide groups is 2. The number of rotatable bonds is 4. The summed E-state index contributed by atoms with van der Waals surface area (Å²) in [5.74, 6) is -1.87. The van der Waals surface area contributed by atoms with Gasteiger partial charge in [0, 0.05) is 11.6 Å². The van der Waals surface area contributed by atoms with Crippen molar-refractivity contribution in [1.82, 2.24) is 9.80 Å². The molecule has 2 atom stereocenters. The molecule has 4 amide bonds. The molecule has 0 radical (unpaired) electrons. The maximum Gasteiger partial charge on any atom is 0.334 e. The molecule has 1 aromatic carbocycles. The zero-order valence-corrected chi connectivity index (χ0v) is 15.4. The van der Waals surface area contributed by atoms with Gasteiger partial charge in [-0.1, -0.05) is 43.5 Å². The van der Waals surface area contributed by atoms with Crippen LogP contribution in [0.1, 0.15) is 54.1 Å². The van der Waals surface area contributed by atoms with Gasteiger partial charge < -0.3 is 0 Å². The Morgan fingerprint density at radius 1 is 1.08 bits per heavy atom. The molecule has 138 valence electrons. The summed E-state index contributed by atoms with van der Waals surface area (Å²) < 4.78 is 0. The van der Waals surface area contributed by atoms with E-state index in [9.17, 15) is 19.2 Å². The molecule has 1 saturated carbocycles. The van der Waals surface area contributed by atoms with Crippen molar-refractivity contribution in [3.05, 3.63) is 34.9 Å². The normalized spacial score (nSPS) is 23.7. The summed E-state index contributed by atoms with van der Waals surface area (Å²) in [6.45, 7) is 5.34. The van der Waals surface area contributed by atoms with Crippen molar-refractivity contribution in [3.8, 4) is 0 Å². The van der Waals surface area contributed by atoms with Crippen molar-refractivity contribution >= 4 is 23.6 Å². The first-order valence-corrected chi connectivity index (χ1v) is 9.10. The van der Waals surface area contributed by atoms with Crippen LogP contribution in [0.3, 0.4) is 0 Å². The third kappa shape index (κ3) is 3.16. The molecule has 26 heavy (non-hydrogen) atoms. The van der Waals surface area contributed by atoms with E-state index in [1.165, 1.54) is 0 Å². The lowest BCUT2D eigenvalue weighted by molar-refractivity contribution is -0.144. The molecule has 2 fully saturated rings. The van der Waals surface area contributed by atoms with Crippen LogP contribution in [-0.4, -0.2) is 46.0 Å². The van der Waals surface area contributed by atoms with Gasteiger partial charge in [0.15, 0.2) is 5.78 Å². The fourth-order valence-corrected chi connectivity index (χ4v) is 3.99. The minimum atomic E-state index is -0.897. The number of urea groups is 1. The summed E-state index contributed by atoms with van der Waals surface area (Å²) in [5.41, 5.74) is 2.28. The highest BCUT2D eigenvalue weighted by molar-refractivity contribution is 6.45. The van der Waals surface area contributed by atoms with Gasteiger partial charge in [-0.05, 0) is 38.2 Å². The Bertz CT molecular complexity index is 786. The Labute approximate surface area is 153 Å². The van der Waals surface area contributed by atoms with Gasteiger partial charge in [-0.15, -0.1) is 0 Å². The summed E-state index contributed by atoms with van der Waals surface area (Å²) in [6.07, 6.45) is 3.64. The van der Waals surface area contributed by atoms with E-state index in [1.807, 2.05) is 32.9 Å². The van der Waals surface area contributed by atoms with Crippen LogP contribution in [0.25, 0.3) is 0 Å². The summed E-state index contributed by atoms with van der Waals surface area (Å²) in [4.78, 5) is 52.0. The lowest BCUT2D eigenvalue weighted by atomic mass is 9.85. The molecule has 2 aliphatic rings. The Kier molecular flexibility index (Phi) is 4.94. The van der Waals surface area contributed by atoms with Gasteiger partial charge in [0.1, 0.15) is 0 Å². The fourth-order valence-electron chi connectivity index (χ4n) is 3.99. The molecule has 3 rings (SSSR count). The van der Waals surface area contributed by atoms with Gasteiger partial charge in [0.25, 0.3) is 0 Å². The first-order valence-electron chi connectivity index (χ1n) is 9.10. The summed E-state index contributed by atoms with van der Waals surface area (Å²) >= 11 is 0. The van der Waals surface area contributed by atoms with Crippen molar-refractivity contribution in [2.45, 2.75) is 52.5 Å².